The monoisotopic (exact) mass is 333 g/mol. The van der Waals surface area contributed by atoms with Gasteiger partial charge in [-0.05, 0) is 38.0 Å². The normalized spacial score (nSPS) is 14.1. The molecule has 1 unspecified atom stereocenters. The summed E-state index contributed by atoms with van der Waals surface area (Å²) in [5.74, 6) is 0. The number of benzene rings is 1. The molecule has 1 aromatic rings. The van der Waals surface area contributed by atoms with Crippen LogP contribution >= 0.6 is 11.6 Å². The Balaban J connectivity index is 2.65. The summed E-state index contributed by atoms with van der Waals surface area (Å²) in [4.78, 5) is 0. The fourth-order valence-electron chi connectivity index (χ4n) is 1.76. The second kappa shape index (κ2) is 6.77. The largest absolute Gasteiger partial charge is 0.416 e. The van der Waals surface area contributed by atoms with Crippen LogP contribution in [0, 0.1) is 0 Å². The van der Waals surface area contributed by atoms with Crippen LogP contribution in [0.2, 0.25) is 5.02 Å². The standard InChI is InChI=1S/C13H14ClF6N/c1-8(3-2-6-12(15,16)17)21-11-7-9(13(18,19)20)4-5-10(11)14/h4-5,7-8,21H,2-3,6H2,1H3. The van der Waals surface area contributed by atoms with Crippen LogP contribution in [0.25, 0.3) is 0 Å². The van der Waals surface area contributed by atoms with Crippen molar-refractivity contribution in [1.82, 2.24) is 0 Å². The Bertz CT molecular complexity index is 469. The van der Waals surface area contributed by atoms with Gasteiger partial charge in [-0.15, -0.1) is 0 Å². The van der Waals surface area contributed by atoms with Crippen molar-refractivity contribution in [2.45, 2.75) is 44.6 Å². The second-order valence-electron chi connectivity index (χ2n) is 4.75. The van der Waals surface area contributed by atoms with Crippen LogP contribution in [0.15, 0.2) is 18.2 Å². The number of alkyl halides is 6. The average molecular weight is 334 g/mol. The number of halogens is 7. The summed E-state index contributed by atoms with van der Waals surface area (Å²) in [6, 6.07) is 2.38. The fourth-order valence-corrected chi connectivity index (χ4v) is 1.93. The zero-order valence-corrected chi connectivity index (χ0v) is 11.8. The van der Waals surface area contributed by atoms with Crippen LogP contribution in [-0.2, 0) is 6.18 Å². The number of rotatable bonds is 5. The summed E-state index contributed by atoms with van der Waals surface area (Å²) in [5, 5.41) is 2.80. The Morgan fingerprint density at radius 2 is 1.76 bits per heavy atom. The first-order chi connectivity index (χ1) is 9.49. The summed E-state index contributed by atoms with van der Waals surface area (Å²) in [7, 11) is 0. The molecule has 0 aliphatic heterocycles. The Labute approximate surface area is 123 Å². The Kier molecular flexibility index (Phi) is 5.78. The van der Waals surface area contributed by atoms with Crippen LogP contribution in [0.3, 0.4) is 0 Å². The molecule has 21 heavy (non-hydrogen) atoms. The van der Waals surface area contributed by atoms with Gasteiger partial charge in [0.1, 0.15) is 0 Å². The van der Waals surface area contributed by atoms with E-state index in [1.54, 1.807) is 6.92 Å². The molecule has 0 fully saturated rings. The lowest BCUT2D eigenvalue weighted by Crippen LogP contribution is -2.17. The van der Waals surface area contributed by atoms with E-state index in [0.717, 1.165) is 18.2 Å². The molecule has 8 heteroatoms. The van der Waals surface area contributed by atoms with Crippen LogP contribution < -0.4 is 5.32 Å². The van der Waals surface area contributed by atoms with E-state index in [1.807, 2.05) is 0 Å². The van der Waals surface area contributed by atoms with Crippen molar-refractivity contribution in [3.8, 4) is 0 Å². The molecule has 1 atom stereocenters. The fraction of sp³-hybridized carbons (Fsp3) is 0.538. The zero-order chi connectivity index (χ0) is 16.3. The predicted molar refractivity (Wildman–Crippen MR) is 69.4 cm³/mol. The summed E-state index contributed by atoms with van der Waals surface area (Å²) < 4.78 is 73.8. The van der Waals surface area contributed by atoms with E-state index in [2.05, 4.69) is 5.32 Å². The van der Waals surface area contributed by atoms with E-state index in [4.69, 9.17) is 11.6 Å². The highest BCUT2D eigenvalue weighted by molar-refractivity contribution is 6.33. The van der Waals surface area contributed by atoms with Crippen LogP contribution in [-0.4, -0.2) is 12.2 Å². The van der Waals surface area contributed by atoms with Crippen LogP contribution in [0.5, 0.6) is 0 Å². The smallest absolute Gasteiger partial charge is 0.381 e. The quantitative estimate of drug-likeness (QED) is 0.662. The third-order valence-electron chi connectivity index (χ3n) is 2.79. The SMILES string of the molecule is CC(CCCC(F)(F)F)Nc1cc(C(F)(F)F)ccc1Cl. The van der Waals surface area contributed by atoms with E-state index < -0.39 is 30.4 Å². The first-order valence-electron chi connectivity index (χ1n) is 6.19. The molecule has 0 aromatic heterocycles. The van der Waals surface area contributed by atoms with E-state index in [9.17, 15) is 26.3 Å². The van der Waals surface area contributed by atoms with Crippen LogP contribution in [0.1, 0.15) is 31.7 Å². The molecule has 0 saturated heterocycles. The summed E-state index contributed by atoms with van der Waals surface area (Å²) >= 11 is 5.79. The van der Waals surface area contributed by atoms with Gasteiger partial charge in [0.15, 0.2) is 0 Å². The third kappa shape index (κ3) is 6.46. The maximum absolute atomic E-state index is 12.6. The summed E-state index contributed by atoms with van der Waals surface area (Å²) in [6.07, 6.45) is -9.58. The molecule has 0 saturated carbocycles. The average Bonchev–Trinajstić information content (AvgIpc) is 2.28. The van der Waals surface area contributed by atoms with Gasteiger partial charge in [-0.2, -0.15) is 26.3 Å². The van der Waals surface area contributed by atoms with Gasteiger partial charge in [0.25, 0.3) is 0 Å². The van der Waals surface area contributed by atoms with Gasteiger partial charge in [-0.25, -0.2) is 0 Å². The van der Waals surface area contributed by atoms with Gasteiger partial charge < -0.3 is 5.32 Å². The highest BCUT2D eigenvalue weighted by atomic mass is 35.5. The molecule has 120 valence electrons. The predicted octanol–water partition coefficient (Wildman–Crippen LogP) is 5.89. The van der Waals surface area contributed by atoms with Gasteiger partial charge in [0.05, 0.1) is 16.3 Å². The molecule has 0 radical (unpaired) electrons. The van der Waals surface area contributed by atoms with Gasteiger partial charge in [0, 0.05) is 12.5 Å². The van der Waals surface area contributed by atoms with Crippen molar-refractivity contribution in [3.63, 3.8) is 0 Å². The molecule has 1 aromatic carbocycles. The molecule has 0 spiro atoms. The third-order valence-corrected chi connectivity index (χ3v) is 3.12. The van der Waals surface area contributed by atoms with Gasteiger partial charge in [-0.3, -0.25) is 0 Å². The molecule has 1 rings (SSSR count). The lowest BCUT2D eigenvalue weighted by atomic mass is 10.1. The molecule has 0 amide bonds. The molecule has 0 aliphatic carbocycles. The number of hydrogen-bond acceptors (Lipinski definition) is 1. The summed E-state index contributed by atoms with van der Waals surface area (Å²) in [5.41, 5.74) is -0.803. The lowest BCUT2D eigenvalue weighted by molar-refractivity contribution is -0.138. The Morgan fingerprint density at radius 3 is 2.29 bits per heavy atom. The van der Waals surface area contributed by atoms with Crippen LogP contribution in [0.4, 0.5) is 32.0 Å². The molecule has 0 bridgehead atoms. The van der Waals surface area contributed by atoms with E-state index in [0.29, 0.717) is 0 Å². The molecular formula is C13H14ClF6N. The van der Waals surface area contributed by atoms with Crippen molar-refractivity contribution >= 4 is 17.3 Å². The number of nitrogens with one attached hydrogen (secondary N) is 1. The minimum Gasteiger partial charge on any atom is -0.381 e. The highest BCUT2D eigenvalue weighted by Crippen LogP contribution is 2.34. The highest BCUT2D eigenvalue weighted by Gasteiger charge is 2.31. The van der Waals surface area contributed by atoms with E-state index in [-0.39, 0.29) is 23.6 Å². The topological polar surface area (TPSA) is 12.0 Å². The summed E-state index contributed by atoms with van der Waals surface area (Å²) in [6.45, 7) is 1.59. The Morgan fingerprint density at radius 1 is 1.14 bits per heavy atom. The molecular weight excluding hydrogens is 320 g/mol. The van der Waals surface area contributed by atoms with Crippen molar-refractivity contribution < 1.29 is 26.3 Å². The maximum Gasteiger partial charge on any atom is 0.416 e. The Hall–Kier alpha value is -1.11. The molecule has 0 heterocycles. The van der Waals surface area contributed by atoms with Gasteiger partial charge in [-0.1, -0.05) is 11.6 Å². The molecule has 1 N–H and O–H groups in total. The first-order valence-corrected chi connectivity index (χ1v) is 6.57. The van der Waals surface area contributed by atoms with Gasteiger partial charge >= 0.3 is 12.4 Å². The minimum absolute atomic E-state index is 0.0611. The van der Waals surface area contributed by atoms with Gasteiger partial charge in [0.2, 0.25) is 0 Å². The van der Waals surface area contributed by atoms with Crippen molar-refractivity contribution in [2.24, 2.45) is 0 Å². The molecule has 0 aliphatic rings. The van der Waals surface area contributed by atoms with Crippen molar-refractivity contribution in [1.29, 1.82) is 0 Å². The second-order valence-corrected chi connectivity index (χ2v) is 5.15. The lowest BCUT2D eigenvalue weighted by Gasteiger charge is -2.18. The van der Waals surface area contributed by atoms with E-state index >= 15 is 0 Å². The maximum atomic E-state index is 12.6. The van der Waals surface area contributed by atoms with E-state index in [1.165, 1.54) is 0 Å². The van der Waals surface area contributed by atoms with Crippen molar-refractivity contribution in [2.75, 3.05) is 5.32 Å². The zero-order valence-electron chi connectivity index (χ0n) is 11.1. The minimum atomic E-state index is -4.50. The first kappa shape index (κ1) is 17.9. The molecule has 1 nitrogen and oxygen atoms in total. The number of hydrogen-bond donors (Lipinski definition) is 1. The van der Waals surface area contributed by atoms with Crippen molar-refractivity contribution in [3.05, 3.63) is 28.8 Å². The number of anilines is 1.